The first-order valence-corrected chi connectivity index (χ1v) is 8.76. The fourth-order valence-corrected chi connectivity index (χ4v) is 4.30. The van der Waals surface area contributed by atoms with Gasteiger partial charge < -0.3 is 15.4 Å². The average molecular weight is 347 g/mol. The highest BCUT2D eigenvalue weighted by Crippen LogP contribution is 2.44. The highest BCUT2D eigenvalue weighted by molar-refractivity contribution is 5.89. The topological polar surface area (TPSA) is 70.7 Å². The van der Waals surface area contributed by atoms with Crippen LogP contribution in [0.4, 0.5) is 14.9 Å². The number of rotatable bonds is 4. The second-order valence-corrected chi connectivity index (χ2v) is 7.20. The number of nitrogens with zero attached hydrogens (tertiary/aromatic N) is 1. The minimum atomic E-state index is -0.508. The minimum absolute atomic E-state index is 0.176. The maximum absolute atomic E-state index is 14.7. The van der Waals surface area contributed by atoms with Crippen molar-refractivity contribution >= 4 is 17.7 Å². The SMILES string of the molecule is CC(=O)NC[C@H]1CN(c2ccc(C3C[C@@H]4C[C@H]3CN4)c(F)c2)C(=O)O1. The zero-order valence-corrected chi connectivity index (χ0v) is 14.1. The molecule has 1 aromatic rings. The molecule has 1 saturated carbocycles. The Bertz CT molecular complexity index is 711. The van der Waals surface area contributed by atoms with Crippen LogP contribution >= 0.6 is 0 Å². The Kier molecular flexibility index (Phi) is 4.11. The van der Waals surface area contributed by atoms with Crippen molar-refractivity contribution in [3.05, 3.63) is 29.6 Å². The predicted molar refractivity (Wildman–Crippen MR) is 90.0 cm³/mol. The largest absolute Gasteiger partial charge is 0.442 e. The third-order valence-corrected chi connectivity index (χ3v) is 5.51. The molecule has 0 spiro atoms. The standard InChI is InChI=1S/C18H22FN3O3/c1-10(23)20-8-14-9-22(18(24)25-14)13-2-3-15(17(19)6-13)16-5-12-4-11(16)7-21-12/h2-3,6,11-12,14,16,21H,4-5,7-9H2,1H3,(H,20,23)/t11-,12-,14-,16?/m0/s1. The van der Waals surface area contributed by atoms with Crippen molar-refractivity contribution in [2.75, 3.05) is 24.5 Å². The number of piperidine rings is 1. The van der Waals surface area contributed by atoms with Crippen LogP contribution in [0, 0.1) is 11.7 Å². The highest BCUT2D eigenvalue weighted by Gasteiger charge is 2.41. The number of nitrogens with one attached hydrogen (secondary N) is 2. The van der Waals surface area contributed by atoms with E-state index in [1.165, 1.54) is 17.9 Å². The number of hydrogen-bond donors (Lipinski definition) is 2. The molecule has 7 heteroatoms. The van der Waals surface area contributed by atoms with Gasteiger partial charge >= 0.3 is 6.09 Å². The number of ether oxygens (including phenoxy) is 1. The van der Waals surface area contributed by atoms with Crippen LogP contribution in [0.25, 0.3) is 0 Å². The summed E-state index contributed by atoms with van der Waals surface area (Å²) in [4.78, 5) is 24.4. The number of halogens is 1. The maximum atomic E-state index is 14.7. The Balaban J connectivity index is 1.47. The molecule has 3 aliphatic rings. The van der Waals surface area contributed by atoms with E-state index in [0.717, 1.165) is 24.9 Å². The molecule has 1 aromatic carbocycles. The van der Waals surface area contributed by atoms with Gasteiger partial charge in [-0.1, -0.05) is 6.07 Å². The summed E-state index contributed by atoms with van der Waals surface area (Å²) in [6.45, 7) is 2.93. The molecule has 134 valence electrons. The zero-order chi connectivity index (χ0) is 17.6. The zero-order valence-electron chi connectivity index (χ0n) is 14.1. The second-order valence-electron chi connectivity index (χ2n) is 7.20. The summed E-state index contributed by atoms with van der Waals surface area (Å²) in [6.07, 6.45) is 1.17. The van der Waals surface area contributed by atoms with Gasteiger partial charge in [0.25, 0.3) is 0 Å². The third-order valence-electron chi connectivity index (χ3n) is 5.51. The molecule has 1 aliphatic carbocycles. The molecule has 4 rings (SSSR count). The highest BCUT2D eigenvalue weighted by atomic mass is 19.1. The molecule has 3 fully saturated rings. The fraction of sp³-hybridized carbons (Fsp3) is 0.556. The summed E-state index contributed by atoms with van der Waals surface area (Å²) < 4.78 is 19.9. The second kappa shape index (κ2) is 6.29. The minimum Gasteiger partial charge on any atom is -0.442 e. The molecule has 25 heavy (non-hydrogen) atoms. The van der Waals surface area contributed by atoms with Crippen molar-refractivity contribution in [3.63, 3.8) is 0 Å². The number of hydrogen-bond acceptors (Lipinski definition) is 4. The van der Waals surface area contributed by atoms with Crippen LogP contribution in [0.15, 0.2) is 18.2 Å². The van der Waals surface area contributed by atoms with Crippen LogP contribution in [-0.2, 0) is 9.53 Å². The Hall–Kier alpha value is -2.15. The van der Waals surface area contributed by atoms with Crippen LogP contribution in [0.3, 0.4) is 0 Å². The lowest BCUT2D eigenvalue weighted by Crippen LogP contribution is -2.33. The number of amides is 2. The summed E-state index contributed by atoms with van der Waals surface area (Å²) in [7, 11) is 0. The van der Waals surface area contributed by atoms with Crippen LogP contribution in [0.1, 0.15) is 31.2 Å². The molecule has 2 heterocycles. The van der Waals surface area contributed by atoms with Crippen molar-refractivity contribution in [1.29, 1.82) is 0 Å². The van der Waals surface area contributed by atoms with Gasteiger partial charge in [0.1, 0.15) is 11.9 Å². The molecule has 2 N–H and O–H groups in total. The van der Waals surface area contributed by atoms with Gasteiger partial charge in [-0.15, -0.1) is 0 Å². The Morgan fingerprint density at radius 2 is 2.28 bits per heavy atom. The monoisotopic (exact) mass is 347 g/mol. The van der Waals surface area contributed by atoms with E-state index in [9.17, 15) is 14.0 Å². The van der Waals surface area contributed by atoms with E-state index >= 15 is 0 Å². The van der Waals surface area contributed by atoms with Crippen molar-refractivity contribution in [1.82, 2.24) is 10.6 Å². The van der Waals surface area contributed by atoms with Crippen molar-refractivity contribution in [2.24, 2.45) is 5.92 Å². The molecular formula is C18H22FN3O3. The van der Waals surface area contributed by atoms with Gasteiger partial charge in [0.2, 0.25) is 5.91 Å². The first-order chi connectivity index (χ1) is 12.0. The van der Waals surface area contributed by atoms with Crippen molar-refractivity contribution < 1.29 is 18.7 Å². The van der Waals surface area contributed by atoms with E-state index in [2.05, 4.69) is 10.6 Å². The molecule has 6 nitrogen and oxygen atoms in total. The number of anilines is 1. The van der Waals surface area contributed by atoms with Crippen molar-refractivity contribution in [2.45, 2.75) is 37.8 Å². The third kappa shape index (κ3) is 3.08. The quantitative estimate of drug-likeness (QED) is 0.871. The average Bonchev–Trinajstić information content (AvgIpc) is 3.28. The summed E-state index contributed by atoms with van der Waals surface area (Å²) in [5.41, 5.74) is 1.25. The number of carbonyl (C=O) groups excluding carboxylic acids is 2. The Morgan fingerprint density at radius 3 is 2.92 bits per heavy atom. The smallest absolute Gasteiger partial charge is 0.414 e. The van der Waals surface area contributed by atoms with Crippen LogP contribution < -0.4 is 15.5 Å². The molecule has 2 bridgehead atoms. The van der Waals surface area contributed by atoms with E-state index in [-0.39, 0.29) is 24.2 Å². The van der Waals surface area contributed by atoms with Gasteiger partial charge in [0.05, 0.1) is 18.8 Å². The van der Waals surface area contributed by atoms with Gasteiger partial charge in [-0.05, 0) is 48.9 Å². The van der Waals surface area contributed by atoms with Gasteiger partial charge in [-0.2, -0.15) is 0 Å². The Labute approximate surface area is 145 Å². The van der Waals surface area contributed by atoms with E-state index in [1.54, 1.807) is 6.07 Å². The molecule has 2 saturated heterocycles. The first-order valence-electron chi connectivity index (χ1n) is 8.76. The van der Waals surface area contributed by atoms with E-state index in [1.807, 2.05) is 6.07 Å². The molecule has 4 atom stereocenters. The number of carbonyl (C=O) groups is 2. The first kappa shape index (κ1) is 16.3. The molecule has 2 amide bonds. The molecular weight excluding hydrogens is 325 g/mol. The lowest BCUT2D eigenvalue weighted by atomic mass is 9.87. The van der Waals surface area contributed by atoms with Gasteiger partial charge in [0, 0.05) is 13.0 Å². The summed E-state index contributed by atoms with van der Waals surface area (Å²) in [5.74, 6) is 0.334. The lowest BCUT2D eigenvalue weighted by molar-refractivity contribution is -0.119. The fourth-order valence-electron chi connectivity index (χ4n) is 4.30. The van der Waals surface area contributed by atoms with E-state index in [0.29, 0.717) is 24.2 Å². The molecule has 0 aromatic heterocycles. The van der Waals surface area contributed by atoms with Crippen LogP contribution in [0.5, 0.6) is 0 Å². The predicted octanol–water partition coefficient (Wildman–Crippen LogP) is 1.75. The van der Waals surface area contributed by atoms with E-state index in [4.69, 9.17) is 4.74 Å². The normalized spacial score (nSPS) is 30.6. The van der Waals surface area contributed by atoms with Gasteiger partial charge in [-0.25, -0.2) is 9.18 Å². The van der Waals surface area contributed by atoms with Crippen LogP contribution in [0.2, 0.25) is 0 Å². The molecule has 0 radical (unpaired) electrons. The number of benzene rings is 1. The number of fused-ring (bicyclic) bond motifs is 2. The van der Waals surface area contributed by atoms with Gasteiger partial charge in [0.15, 0.2) is 0 Å². The summed E-state index contributed by atoms with van der Waals surface area (Å²) in [6, 6.07) is 5.54. The maximum Gasteiger partial charge on any atom is 0.414 e. The van der Waals surface area contributed by atoms with Gasteiger partial charge in [-0.3, -0.25) is 9.69 Å². The Morgan fingerprint density at radius 1 is 1.44 bits per heavy atom. The lowest BCUT2D eigenvalue weighted by Gasteiger charge is -2.24. The molecule has 2 aliphatic heterocycles. The summed E-state index contributed by atoms with van der Waals surface area (Å²) in [5, 5.41) is 6.07. The van der Waals surface area contributed by atoms with E-state index < -0.39 is 12.2 Å². The molecule has 1 unspecified atom stereocenters. The van der Waals surface area contributed by atoms with Crippen LogP contribution in [-0.4, -0.2) is 43.8 Å². The summed E-state index contributed by atoms with van der Waals surface area (Å²) >= 11 is 0. The van der Waals surface area contributed by atoms with Crippen molar-refractivity contribution in [3.8, 4) is 0 Å². The number of cyclic esters (lactones) is 1.